The van der Waals surface area contributed by atoms with Crippen molar-refractivity contribution in [3.05, 3.63) is 34.6 Å². The fraction of sp³-hybridized carbons (Fsp3) is 0.333. The van der Waals surface area contributed by atoms with Crippen molar-refractivity contribution in [2.45, 2.75) is 13.0 Å². The molecule has 1 saturated heterocycles. The molecule has 0 radical (unpaired) electrons. The zero-order valence-electron chi connectivity index (χ0n) is 8.99. The molecule has 0 bridgehead atoms. The first-order chi connectivity index (χ1) is 8.10. The minimum absolute atomic E-state index is 0.0444. The number of hydrogen-bond acceptors (Lipinski definition) is 2. The minimum atomic E-state index is -0.474. The molecule has 1 fully saturated rings. The maximum atomic E-state index is 13.0. The topological polar surface area (TPSA) is 44.1 Å². The van der Waals surface area contributed by atoms with Gasteiger partial charge in [0.2, 0.25) is 5.91 Å². The molecule has 17 heavy (non-hydrogen) atoms. The van der Waals surface area contributed by atoms with Crippen molar-refractivity contribution in [1.82, 2.24) is 4.90 Å². The van der Waals surface area contributed by atoms with E-state index in [2.05, 4.69) is 6.07 Å². The van der Waals surface area contributed by atoms with Crippen LogP contribution < -0.4 is 0 Å². The number of nitrogens with zero attached hydrogens (tertiary/aromatic N) is 2. The van der Waals surface area contributed by atoms with E-state index in [0.29, 0.717) is 13.1 Å². The predicted octanol–water partition coefficient (Wildman–Crippen LogP) is 2.35. The van der Waals surface area contributed by atoms with Gasteiger partial charge in [0.15, 0.2) is 0 Å². The predicted molar refractivity (Wildman–Crippen MR) is 60.5 cm³/mol. The molecule has 1 unspecified atom stereocenters. The number of amides is 1. The number of nitriles is 1. The summed E-state index contributed by atoms with van der Waals surface area (Å²) in [6, 6.07) is 6.46. The van der Waals surface area contributed by atoms with Crippen molar-refractivity contribution < 1.29 is 9.18 Å². The van der Waals surface area contributed by atoms with Crippen LogP contribution in [0.5, 0.6) is 0 Å². The first-order valence-corrected chi connectivity index (χ1v) is 5.59. The second kappa shape index (κ2) is 4.72. The third-order valence-corrected chi connectivity index (χ3v) is 3.04. The molecule has 1 aliphatic rings. The third-order valence-electron chi connectivity index (χ3n) is 2.75. The molecule has 3 nitrogen and oxygen atoms in total. The molecule has 0 aliphatic carbocycles. The van der Waals surface area contributed by atoms with Crippen LogP contribution in [-0.4, -0.2) is 17.4 Å². The summed E-state index contributed by atoms with van der Waals surface area (Å²) in [6.45, 7) is 0.807. The monoisotopic (exact) mass is 252 g/mol. The largest absolute Gasteiger partial charge is 0.337 e. The van der Waals surface area contributed by atoms with E-state index >= 15 is 0 Å². The molecule has 0 N–H and O–H groups in total. The molecule has 1 heterocycles. The van der Waals surface area contributed by atoms with E-state index in [1.165, 1.54) is 12.1 Å². The van der Waals surface area contributed by atoms with Gasteiger partial charge in [0, 0.05) is 19.5 Å². The Kier molecular flexibility index (Phi) is 3.30. The maximum absolute atomic E-state index is 13.0. The van der Waals surface area contributed by atoms with E-state index in [9.17, 15) is 9.18 Å². The number of benzene rings is 1. The Balaban J connectivity index is 2.09. The van der Waals surface area contributed by atoms with Gasteiger partial charge in [-0.1, -0.05) is 17.7 Å². The quantitative estimate of drug-likeness (QED) is 0.811. The zero-order valence-corrected chi connectivity index (χ0v) is 9.75. The number of carbonyl (C=O) groups is 1. The van der Waals surface area contributed by atoms with Gasteiger partial charge < -0.3 is 4.90 Å². The first-order valence-electron chi connectivity index (χ1n) is 5.21. The minimum Gasteiger partial charge on any atom is -0.337 e. The second-order valence-electron chi connectivity index (χ2n) is 4.05. The summed E-state index contributed by atoms with van der Waals surface area (Å²) in [4.78, 5) is 13.2. The number of carbonyl (C=O) groups excluding carboxylic acids is 1. The Bertz CT molecular complexity index is 498. The highest BCUT2D eigenvalue weighted by Crippen LogP contribution is 2.22. The van der Waals surface area contributed by atoms with Crippen LogP contribution in [-0.2, 0) is 11.3 Å². The van der Waals surface area contributed by atoms with Gasteiger partial charge in [0.05, 0.1) is 17.0 Å². The van der Waals surface area contributed by atoms with Crippen LogP contribution in [0.4, 0.5) is 4.39 Å². The molecule has 1 amide bonds. The molecular formula is C12H10ClFN2O. The molecule has 1 aromatic carbocycles. The second-order valence-corrected chi connectivity index (χ2v) is 4.46. The Morgan fingerprint density at radius 1 is 1.59 bits per heavy atom. The molecule has 0 aromatic heterocycles. The third kappa shape index (κ3) is 2.56. The summed E-state index contributed by atoms with van der Waals surface area (Å²) >= 11 is 5.66. The maximum Gasteiger partial charge on any atom is 0.224 e. The Labute approximate surface area is 103 Å². The Morgan fingerprint density at radius 3 is 2.94 bits per heavy atom. The highest BCUT2D eigenvalue weighted by Gasteiger charge is 2.29. The summed E-state index contributed by atoms with van der Waals surface area (Å²) in [7, 11) is 0. The van der Waals surface area contributed by atoms with E-state index in [1.54, 1.807) is 11.0 Å². The van der Waals surface area contributed by atoms with Crippen LogP contribution in [0.25, 0.3) is 0 Å². The summed E-state index contributed by atoms with van der Waals surface area (Å²) < 4.78 is 13.0. The van der Waals surface area contributed by atoms with Crippen LogP contribution >= 0.6 is 11.6 Å². The lowest BCUT2D eigenvalue weighted by molar-refractivity contribution is -0.128. The number of rotatable bonds is 2. The van der Waals surface area contributed by atoms with Crippen molar-refractivity contribution in [3.63, 3.8) is 0 Å². The molecule has 5 heteroatoms. The smallest absolute Gasteiger partial charge is 0.224 e. The van der Waals surface area contributed by atoms with Gasteiger partial charge in [0.25, 0.3) is 0 Å². The molecule has 88 valence electrons. The van der Waals surface area contributed by atoms with Crippen molar-refractivity contribution in [2.75, 3.05) is 6.54 Å². The number of hydrogen-bond donors (Lipinski definition) is 0. The van der Waals surface area contributed by atoms with Gasteiger partial charge in [-0.3, -0.25) is 4.79 Å². The average molecular weight is 253 g/mol. The summed E-state index contributed by atoms with van der Waals surface area (Å²) in [5.74, 6) is -0.756. The molecular weight excluding hydrogens is 243 g/mol. The molecule has 1 atom stereocenters. The van der Waals surface area contributed by atoms with Crippen LogP contribution in [0.1, 0.15) is 12.0 Å². The Hall–Kier alpha value is -1.60. The summed E-state index contributed by atoms with van der Waals surface area (Å²) in [6.07, 6.45) is 0.269. The SMILES string of the molecule is N#CC1CC(=O)N(Cc2ccc(F)c(Cl)c2)C1. The van der Waals surface area contributed by atoms with Crippen LogP contribution in [0.15, 0.2) is 18.2 Å². The normalized spacial score (nSPS) is 19.5. The van der Waals surface area contributed by atoms with E-state index < -0.39 is 5.82 Å². The fourth-order valence-corrected chi connectivity index (χ4v) is 2.07. The average Bonchev–Trinajstić information content (AvgIpc) is 2.65. The number of likely N-dealkylation sites (tertiary alicyclic amines) is 1. The molecule has 0 spiro atoms. The molecule has 1 aromatic rings. The Morgan fingerprint density at radius 2 is 2.35 bits per heavy atom. The fourth-order valence-electron chi connectivity index (χ4n) is 1.87. The zero-order chi connectivity index (χ0) is 12.4. The summed E-state index contributed by atoms with van der Waals surface area (Å²) in [5, 5.41) is 8.80. The molecule has 0 saturated carbocycles. The molecule has 2 rings (SSSR count). The van der Waals surface area contributed by atoms with Crippen molar-refractivity contribution in [1.29, 1.82) is 5.26 Å². The van der Waals surface area contributed by atoms with Crippen molar-refractivity contribution >= 4 is 17.5 Å². The van der Waals surface area contributed by atoms with Crippen LogP contribution in [0, 0.1) is 23.1 Å². The van der Waals surface area contributed by atoms with Crippen molar-refractivity contribution in [3.8, 4) is 6.07 Å². The first kappa shape index (κ1) is 11.9. The van der Waals surface area contributed by atoms with Gasteiger partial charge in [-0.15, -0.1) is 0 Å². The van der Waals surface area contributed by atoms with E-state index in [0.717, 1.165) is 5.56 Å². The van der Waals surface area contributed by atoms with Gasteiger partial charge >= 0.3 is 0 Å². The lowest BCUT2D eigenvalue weighted by atomic mass is 10.1. The standard InChI is InChI=1S/C12H10ClFN2O/c13-10-3-8(1-2-11(10)14)6-16-7-9(5-15)4-12(16)17/h1-3,9H,4,6-7H2. The molecule has 1 aliphatic heterocycles. The lowest BCUT2D eigenvalue weighted by Crippen LogP contribution is -2.24. The van der Waals surface area contributed by atoms with Gasteiger partial charge in [0.1, 0.15) is 5.82 Å². The highest BCUT2D eigenvalue weighted by molar-refractivity contribution is 6.30. The highest BCUT2D eigenvalue weighted by atomic mass is 35.5. The lowest BCUT2D eigenvalue weighted by Gasteiger charge is -2.15. The van der Waals surface area contributed by atoms with Crippen LogP contribution in [0.3, 0.4) is 0 Å². The van der Waals surface area contributed by atoms with Crippen molar-refractivity contribution in [2.24, 2.45) is 5.92 Å². The van der Waals surface area contributed by atoms with E-state index in [4.69, 9.17) is 16.9 Å². The van der Waals surface area contributed by atoms with E-state index in [1.807, 2.05) is 0 Å². The van der Waals surface area contributed by atoms with E-state index in [-0.39, 0.29) is 23.3 Å². The summed E-state index contributed by atoms with van der Waals surface area (Å²) in [5.41, 5.74) is 0.767. The number of halogens is 2. The van der Waals surface area contributed by atoms with Gasteiger partial charge in [-0.2, -0.15) is 5.26 Å². The van der Waals surface area contributed by atoms with Gasteiger partial charge in [-0.05, 0) is 17.7 Å². The van der Waals surface area contributed by atoms with Crippen LogP contribution in [0.2, 0.25) is 5.02 Å². The van der Waals surface area contributed by atoms with Gasteiger partial charge in [-0.25, -0.2) is 4.39 Å².